The van der Waals surface area contributed by atoms with Gasteiger partial charge in [-0.3, -0.25) is 4.79 Å². The molecule has 0 fully saturated rings. The molecule has 0 aromatic heterocycles. The van der Waals surface area contributed by atoms with Crippen LogP contribution in [0.4, 0.5) is 0 Å². The largest absolute Gasteiger partial charge is 0.300 e. The van der Waals surface area contributed by atoms with Crippen LogP contribution in [0.15, 0.2) is 12.7 Å². The molecule has 0 heterocycles. The Morgan fingerprint density at radius 3 is 2.46 bits per heavy atom. The summed E-state index contributed by atoms with van der Waals surface area (Å²) in [7, 11) is 0. The van der Waals surface area contributed by atoms with Crippen LogP contribution in [-0.2, 0) is 4.79 Å². The first kappa shape index (κ1) is 12.4. The van der Waals surface area contributed by atoms with Crippen LogP contribution in [0.5, 0.6) is 0 Å². The van der Waals surface area contributed by atoms with Crippen molar-refractivity contribution in [2.75, 3.05) is 0 Å². The van der Waals surface area contributed by atoms with Crippen molar-refractivity contribution < 1.29 is 4.79 Å². The molecule has 0 radical (unpaired) electrons. The van der Waals surface area contributed by atoms with Crippen molar-refractivity contribution in [3.05, 3.63) is 12.7 Å². The maximum Gasteiger partial charge on any atom is 0.132 e. The van der Waals surface area contributed by atoms with E-state index in [-0.39, 0.29) is 0 Å². The third kappa shape index (κ3) is 9.32. The number of allylic oxidation sites excluding steroid dienone is 1. The van der Waals surface area contributed by atoms with E-state index in [0.29, 0.717) is 5.78 Å². The monoisotopic (exact) mass is 182 g/mol. The van der Waals surface area contributed by atoms with E-state index in [1.165, 1.54) is 19.3 Å². The van der Waals surface area contributed by atoms with Gasteiger partial charge in [0.1, 0.15) is 5.78 Å². The van der Waals surface area contributed by atoms with E-state index in [0.717, 1.165) is 32.1 Å². The molecule has 0 atom stereocenters. The van der Waals surface area contributed by atoms with Gasteiger partial charge in [0.15, 0.2) is 0 Å². The Morgan fingerprint density at radius 1 is 1.15 bits per heavy atom. The fraction of sp³-hybridized carbons (Fsp3) is 0.750. The van der Waals surface area contributed by atoms with E-state index < -0.39 is 0 Å². The summed E-state index contributed by atoms with van der Waals surface area (Å²) >= 11 is 0. The normalized spacial score (nSPS) is 9.92. The fourth-order valence-electron chi connectivity index (χ4n) is 1.32. The van der Waals surface area contributed by atoms with Gasteiger partial charge in [-0.1, -0.05) is 32.3 Å². The Morgan fingerprint density at radius 2 is 1.85 bits per heavy atom. The van der Waals surface area contributed by atoms with Crippen molar-refractivity contribution in [2.24, 2.45) is 0 Å². The van der Waals surface area contributed by atoms with Gasteiger partial charge in [-0.05, 0) is 19.3 Å². The van der Waals surface area contributed by atoms with Crippen LogP contribution < -0.4 is 0 Å². The second kappa shape index (κ2) is 9.50. The highest BCUT2D eigenvalue weighted by Gasteiger charge is 1.99. The number of carbonyl (C=O) groups excluding carboxylic acids is 1. The van der Waals surface area contributed by atoms with E-state index in [1.54, 1.807) is 0 Å². The Bertz CT molecular complexity index is 138. The number of carbonyl (C=O) groups is 1. The first-order valence-electron chi connectivity index (χ1n) is 5.43. The van der Waals surface area contributed by atoms with E-state index in [9.17, 15) is 4.79 Å². The van der Waals surface area contributed by atoms with Gasteiger partial charge >= 0.3 is 0 Å². The SMILES string of the molecule is C=CCCCC(=O)CCCCCC. The summed E-state index contributed by atoms with van der Waals surface area (Å²) < 4.78 is 0. The zero-order valence-corrected chi connectivity index (χ0v) is 8.85. The predicted octanol–water partition coefficient (Wildman–Crippen LogP) is 3.88. The number of Topliss-reactive ketones (excluding diaryl/α,β-unsaturated/α-hetero) is 1. The van der Waals surface area contributed by atoms with Crippen LogP contribution in [0.3, 0.4) is 0 Å². The molecule has 13 heavy (non-hydrogen) atoms. The second-order valence-electron chi connectivity index (χ2n) is 3.53. The molecule has 0 spiro atoms. The molecule has 0 rings (SSSR count). The summed E-state index contributed by atoms with van der Waals surface area (Å²) in [5.74, 6) is 0.429. The molecule has 0 aliphatic carbocycles. The van der Waals surface area contributed by atoms with Gasteiger partial charge in [0.25, 0.3) is 0 Å². The molecular weight excluding hydrogens is 160 g/mol. The molecule has 1 heteroatoms. The Balaban J connectivity index is 3.15. The lowest BCUT2D eigenvalue weighted by Crippen LogP contribution is -1.96. The smallest absolute Gasteiger partial charge is 0.132 e. The molecule has 0 bridgehead atoms. The van der Waals surface area contributed by atoms with Gasteiger partial charge in [-0.25, -0.2) is 0 Å². The summed E-state index contributed by atoms with van der Waals surface area (Å²) in [6, 6.07) is 0. The molecule has 0 aliphatic heterocycles. The number of hydrogen-bond donors (Lipinski definition) is 0. The first-order chi connectivity index (χ1) is 6.31. The summed E-state index contributed by atoms with van der Waals surface area (Å²) in [5, 5.41) is 0. The number of unbranched alkanes of at least 4 members (excludes halogenated alkanes) is 4. The van der Waals surface area contributed by atoms with Gasteiger partial charge in [0.2, 0.25) is 0 Å². The van der Waals surface area contributed by atoms with Gasteiger partial charge in [0, 0.05) is 12.8 Å². The van der Waals surface area contributed by atoms with E-state index in [1.807, 2.05) is 6.08 Å². The zero-order chi connectivity index (χ0) is 9.94. The lowest BCUT2D eigenvalue weighted by Gasteiger charge is -1.99. The van der Waals surface area contributed by atoms with Crippen LogP contribution in [-0.4, -0.2) is 5.78 Å². The van der Waals surface area contributed by atoms with Crippen LogP contribution in [0.1, 0.15) is 58.3 Å². The highest BCUT2D eigenvalue weighted by Crippen LogP contribution is 2.06. The molecule has 1 nitrogen and oxygen atoms in total. The Hall–Kier alpha value is -0.590. The quantitative estimate of drug-likeness (QED) is 0.390. The molecule has 0 saturated heterocycles. The highest BCUT2D eigenvalue weighted by atomic mass is 16.1. The minimum absolute atomic E-state index is 0.429. The summed E-state index contributed by atoms with van der Waals surface area (Å²) in [5.41, 5.74) is 0. The zero-order valence-electron chi connectivity index (χ0n) is 8.85. The van der Waals surface area contributed by atoms with E-state index >= 15 is 0 Å². The molecule has 0 N–H and O–H groups in total. The molecule has 0 unspecified atom stereocenters. The Labute approximate surface area is 82.2 Å². The molecule has 0 saturated carbocycles. The minimum Gasteiger partial charge on any atom is -0.300 e. The third-order valence-corrected chi connectivity index (χ3v) is 2.17. The second-order valence-corrected chi connectivity index (χ2v) is 3.53. The summed E-state index contributed by atoms with van der Waals surface area (Å²) in [6.45, 7) is 5.82. The lowest BCUT2D eigenvalue weighted by atomic mass is 10.1. The highest BCUT2D eigenvalue weighted by molar-refractivity contribution is 5.78. The third-order valence-electron chi connectivity index (χ3n) is 2.17. The van der Waals surface area contributed by atoms with Gasteiger partial charge in [0.05, 0.1) is 0 Å². The van der Waals surface area contributed by atoms with Gasteiger partial charge in [-0.15, -0.1) is 6.58 Å². The molecule has 76 valence electrons. The van der Waals surface area contributed by atoms with Gasteiger partial charge in [-0.2, -0.15) is 0 Å². The van der Waals surface area contributed by atoms with Crippen LogP contribution in [0.25, 0.3) is 0 Å². The van der Waals surface area contributed by atoms with Crippen molar-refractivity contribution in [1.82, 2.24) is 0 Å². The average Bonchev–Trinajstić information content (AvgIpc) is 2.13. The molecule has 0 aliphatic rings. The lowest BCUT2D eigenvalue weighted by molar-refractivity contribution is -0.119. The topological polar surface area (TPSA) is 17.1 Å². The number of rotatable bonds is 9. The Kier molecular flexibility index (Phi) is 9.07. The fourth-order valence-corrected chi connectivity index (χ4v) is 1.32. The van der Waals surface area contributed by atoms with E-state index in [2.05, 4.69) is 13.5 Å². The standard InChI is InChI=1S/C12H22O/c1-3-5-7-9-11-12(13)10-8-6-4-2/h4H,2-3,5-11H2,1H3. The summed E-state index contributed by atoms with van der Waals surface area (Å²) in [6.07, 6.45) is 10.2. The predicted molar refractivity (Wildman–Crippen MR) is 57.8 cm³/mol. The summed E-state index contributed by atoms with van der Waals surface area (Å²) in [4.78, 5) is 11.2. The van der Waals surface area contributed by atoms with Crippen LogP contribution >= 0.6 is 0 Å². The van der Waals surface area contributed by atoms with Crippen molar-refractivity contribution in [1.29, 1.82) is 0 Å². The van der Waals surface area contributed by atoms with Crippen LogP contribution in [0, 0.1) is 0 Å². The minimum atomic E-state index is 0.429. The maximum absolute atomic E-state index is 11.2. The number of ketones is 1. The van der Waals surface area contributed by atoms with Gasteiger partial charge < -0.3 is 0 Å². The van der Waals surface area contributed by atoms with Crippen LogP contribution in [0.2, 0.25) is 0 Å². The van der Waals surface area contributed by atoms with E-state index in [4.69, 9.17) is 0 Å². The van der Waals surface area contributed by atoms with Crippen molar-refractivity contribution in [3.8, 4) is 0 Å². The molecule has 0 aromatic carbocycles. The van der Waals surface area contributed by atoms with Crippen molar-refractivity contribution in [3.63, 3.8) is 0 Å². The van der Waals surface area contributed by atoms with Crippen molar-refractivity contribution >= 4 is 5.78 Å². The first-order valence-corrected chi connectivity index (χ1v) is 5.43. The average molecular weight is 182 g/mol. The molecule has 0 amide bonds. The molecule has 0 aromatic rings. The number of hydrogen-bond acceptors (Lipinski definition) is 1. The maximum atomic E-state index is 11.2. The van der Waals surface area contributed by atoms with Crippen molar-refractivity contribution in [2.45, 2.75) is 58.3 Å². The molecular formula is C12H22O.